The van der Waals surface area contributed by atoms with Crippen LogP contribution in [0.3, 0.4) is 0 Å². The number of rotatable bonds is 1. The second kappa shape index (κ2) is 3.31. The molecule has 0 saturated heterocycles. The van der Waals surface area contributed by atoms with Crippen molar-refractivity contribution in [3.05, 3.63) is 28.3 Å². The molecule has 0 saturated carbocycles. The van der Waals surface area contributed by atoms with Crippen LogP contribution in [0.4, 0.5) is 0 Å². The van der Waals surface area contributed by atoms with Crippen LogP contribution in [-0.2, 0) is 16.3 Å². The fourth-order valence-electron chi connectivity index (χ4n) is 2.26. The van der Waals surface area contributed by atoms with Crippen LogP contribution in [-0.4, -0.2) is 25.2 Å². The lowest BCUT2D eigenvalue weighted by Crippen LogP contribution is -2.06. The number of carboxylic acid groups (broad SMARTS) is 1. The van der Waals surface area contributed by atoms with Crippen molar-refractivity contribution in [1.29, 1.82) is 0 Å². The molecule has 4 nitrogen and oxygen atoms in total. The van der Waals surface area contributed by atoms with Gasteiger partial charge in [-0.05, 0) is 43.0 Å². The maximum absolute atomic E-state index is 11.8. The third-order valence-corrected chi connectivity index (χ3v) is 4.94. The zero-order valence-electron chi connectivity index (χ0n) is 9.07. The lowest BCUT2D eigenvalue weighted by Gasteiger charge is -2.09. The molecule has 1 N–H and O–H groups in total. The summed E-state index contributed by atoms with van der Waals surface area (Å²) < 4.78 is 23.5. The highest BCUT2D eigenvalue weighted by molar-refractivity contribution is 7.91. The molecular formula is C11H12O4S. The Hall–Kier alpha value is -1.36. The Labute approximate surface area is 93.8 Å². The van der Waals surface area contributed by atoms with Gasteiger partial charge in [-0.15, -0.1) is 0 Å². The SMILES string of the molecule is Cc1cc(C(=O)O)c(C)c2c1S(=O)(=O)CC2. The van der Waals surface area contributed by atoms with Crippen LogP contribution >= 0.6 is 0 Å². The van der Waals surface area contributed by atoms with E-state index in [9.17, 15) is 13.2 Å². The van der Waals surface area contributed by atoms with Crippen molar-refractivity contribution in [2.24, 2.45) is 0 Å². The molecule has 1 heterocycles. The third-order valence-electron chi connectivity index (χ3n) is 3.01. The van der Waals surface area contributed by atoms with Gasteiger partial charge < -0.3 is 5.11 Å². The van der Waals surface area contributed by atoms with Crippen molar-refractivity contribution in [3.8, 4) is 0 Å². The molecule has 1 aromatic rings. The molecular weight excluding hydrogens is 228 g/mol. The highest BCUT2D eigenvalue weighted by atomic mass is 32.2. The molecule has 0 fully saturated rings. The summed E-state index contributed by atoms with van der Waals surface area (Å²) in [7, 11) is -3.19. The number of carboxylic acids is 1. The molecule has 0 aliphatic carbocycles. The fourth-order valence-corrected chi connectivity index (χ4v) is 4.11. The molecule has 16 heavy (non-hydrogen) atoms. The van der Waals surface area contributed by atoms with Crippen LogP contribution in [0, 0.1) is 13.8 Å². The number of fused-ring (bicyclic) bond motifs is 1. The van der Waals surface area contributed by atoms with Gasteiger partial charge in [0.2, 0.25) is 0 Å². The molecule has 0 atom stereocenters. The van der Waals surface area contributed by atoms with E-state index in [4.69, 9.17) is 5.11 Å². The van der Waals surface area contributed by atoms with Crippen LogP contribution in [0.1, 0.15) is 27.0 Å². The number of aryl methyl sites for hydroxylation is 1. The first-order chi connectivity index (χ1) is 7.34. The number of sulfone groups is 1. The Kier molecular flexibility index (Phi) is 2.31. The van der Waals surface area contributed by atoms with Crippen molar-refractivity contribution < 1.29 is 18.3 Å². The first-order valence-electron chi connectivity index (χ1n) is 4.93. The summed E-state index contributed by atoms with van der Waals surface area (Å²) in [6, 6.07) is 1.44. The summed E-state index contributed by atoms with van der Waals surface area (Å²) in [6.45, 7) is 3.32. The summed E-state index contributed by atoms with van der Waals surface area (Å²) in [5.74, 6) is -0.916. The van der Waals surface area contributed by atoms with E-state index in [1.165, 1.54) is 6.07 Å². The van der Waals surface area contributed by atoms with Crippen LogP contribution in [0.15, 0.2) is 11.0 Å². The Bertz CT molecular complexity index is 584. The largest absolute Gasteiger partial charge is 0.478 e. The first-order valence-corrected chi connectivity index (χ1v) is 6.59. The molecule has 86 valence electrons. The summed E-state index contributed by atoms with van der Waals surface area (Å²) in [5, 5.41) is 9.00. The Morgan fingerprint density at radius 1 is 1.38 bits per heavy atom. The van der Waals surface area contributed by atoms with Gasteiger partial charge in [-0.3, -0.25) is 0 Å². The van der Waals surface area contributed by atoms with Crippen LogP contribution < -0.4 is 0 Å². The fraction of sp³-hybridized carbons (Fsp3) is 0.364. The third kappa shape index (κ3) is 1.43. The molecule has 0 radical (unpaired) electrons. The topological polar surface area (TPSA) is 71.4 Å². The van der Waals surface area contributed by atoms with Crippen molar-refractivity contribution in [1.82, 2.24) is 0 Å². The minimum absolute atomic E-state index is 0.0904. The number of aromatic carboxylic acids is 1. The van der Waals surface area contributed by atoms with E-state index in [1.807, 2.05) is 0 Å². The Morgan fingerprint density at radius 3 is 2.56 bits per heavy atom. The van der Waals surface area contributed by atoms with E-state index >= 15 is 0 Å². The summed E-state index contributed by atoms with van der Waals surface area (Å²) in [5.41, 5.74) is 2.00. The van der Waals surface area contributed by atoms with Gasteiger partial charge in [0.1, 0.15) is 0 Å². The van der Waals surface area contributed by atoms with Gasteiger partial charge in [0, 0.05) is 0 Å². The van der Waals surface area contributed by atoms with Gasteiger partial charge in [0.15, 0.2) is 9.84 Å². The molecule has 2 rings (SSSR count). The van der Waals surface area contributed by atoms with Crippen LogP contribution in [0.5, 0.6) is 0 Å². The van der Waals surface area contributed by atoms with Gasteiger partial charge in [-0.25, -0.2) is 13.2 Å². The van der Waals surface area contributed by atoms with Crippen molar-refractivity contribution in [3.63, 3.8) is 0 Å². The molecule has 0 aromatic heterocycles. The number of carbonyl (C=O) groups is 1. The standard InChI is InChI=1S/C11H12O4S/c1-6-5-9(11(12)13)7(2)8-3-4-16(14,15)10(6)8/h5H,3-4H2,1-2H3,(H,12,13). The zero-order valence-corrected chi connectivity index (χ0v) is 9.89. The zero-order chi connectivity index (χ0) is 12.1. The Balaban J connectivity index is 2.84. The van der Waals surface area contributed by atoms with Gasteiger partial charge in [-0.1, -0.05) is 0 Å². The van der Waals surface area contributed by atoms with E-state index in [-0.39, 0.29) is 11.3 Å². The Morgan fingerprint density at radius 2 is 2.00 bits per heavy atom. The minimum atomic E-state index is -3.19. The first kappa shape index (κ1) is 11.1. The predicted molar refractivity (Wildman–Crippen MR) is 58.6 cm³/mol. The smallest absolute Gasteiger partial charge is 0.335 e. The lowest BCUT2D eigenvalue weighted by atomic mass is 9.97. The maximum atomic E-state index is 11.8. The highest BCUT2D eigenvalue weighted by Crippen LogP contribution is 2.33. The number of benzene rings is 1. The molecule has 1 aromatic carbocycles. The normalized spacial score (nSPS) is 17.1. The summed E-state index contributed by atoms with van der Waals surface area (Å²) in [6.07, 6.45) is 0.422. The van der Waals surface area contributed by atoms with E-state index in [2.05, 4.69) is 0 Å². The highest BCUT2D eigenvalue weighted by Gasteiger charge is 2.31. The molecule has 0 bridgehead atoms. The van der Waals surface area contributed by atoms with E-state index < -0.39 is 15.8 Å². The summed E-state index contributed by atoms with van der Waals surface area (Å²) in [4.78, 5) is 11.3. The van der Waals surface area contributed by atoms with E-state index in [0.29, 0.717) is 28.0 Å². The van der Waals surface area contributed by atoms with Gasteiger partial charge in [0.05, 0.1) is 16.2 Å². The number of hydrogen-bond donors (Lipinski definition) is 1. The van der Waals surface area contributed by atoms with Crippen LogP contribution in [0.25, 0.3) is 0 Å². The maximum Gasteiger partial charge on any atom is 0.335 e. The van der Waals surface area contributed by atoms with Crippen molar-refractivity contribution >= 4 is 15.8 Å². The minimum Gasteiger partial charge on any atom is -0.478 e. The average molecular weight is 240 g/mol. The monoisotopic (exact) mass is 240 g/mol. The number of hydrogen-bond acceptors (Lipinski definition) is 3. The average Bonchev–Trinajstić information content (AvgIpc) is 2.48. The quantitative estimate of drug-likeness (QED) is 0.803. The van der Waals surface area contributed by atoms with E-state index in [1.54, 1.807) is 13.8 Å². The summed E-state index contributed by atoms with van der Waals surface area (Å²) >= 11 is 0. The molecule has 1 aliphatic heterocycles. The van der Waals surface area contributed by atoms with Crippen molar-refractivity contribution in [2.75, 3.05) is 5.75 Å². The van der Waals surface area contributed by atoms with Gasteiger partial charge in [-0.2, -0.15) is 0 Å². The van der Waals surface area contributed by atoms with Gasteiger partial charge in [0.25, 0.3) is 0 Å². The second-order valence-electron chi connectivity index (χ2n) is 4.05. The lowest BCUT2D eigenvalue weighted by molar-refractivity contribution is 0.0695. The predicted octanol–water partition coefficient (Wildman–Crippen LogP) is 1.33. The van der Waals surface area contributed by atoms with E-state index in [0.717, 1.165) is 0 Å². The molecule has 1 aliphatic rings. The molecule has 5 heteroatoms. The molecule has 0 unspecified atom stereocenters. The molecule has 0 spiro atoms. The van der Waals surface area contributed by atoms with Crippen LogP contribution in [0.2, 0.25) is 0 Å². The molecule has 0 amide bonds. The van der Waals surface area contributed by atoms with Crippen molar-refractivity contribution in [2.45, 2.75) is 25.2 Å². The second-order valence-corrected chi connectivity index (χ2v) is 6.09. The van der Waals surface area contributed by atoms with Gasteiger partial charge >= 0.3 is 5.97 Å².